The zero-order valence-corrected chi connectivity index (χ0v) is 22.8. The van der Waals surface area contributed by atoms with Crippen molar-refractivity contribution in [3.63, 3.8) is 0 Å². The summed E-state index contributed by atoms with van der Waals surface area (Å²) in [5.74, 6) is -1.40. The molecule has 5 N–H and O–H groups in total. The Balaban J connectivity index is 1.91. The first kappa shape index (κ1) is 30.6. The molecule has 2 aromatic carbocycles. The van der Waals surface area contributed by atoms with Crippen LogP contribution in [0.3, 0.4) is 0 Å². The van der Waals surface area contributed by atoms with E-state index in [4.69, 9.17) is 27.3 Å². The maximum atomic E-state index is 12.5. The van der Waals surface area contributed by atoms with Crippen LogP contribution in [-0.2, 0) is 11.4 Å². The number of piperazine rings is 1. The van der Waals surface area contributed by atoms with Crippen LogP contribution < -0.4 is 10.4 Å². The average Bonchev–Trinajstić information content (AvgIpc) is 2.84. The Kier molecular flexibility index (Phi) is 10.2. The van der Waals surface area contributed by atoms with Gasteiger partial charge in [0.25, 0.3) is 0 Å². The first-order valence-corrected chi connectivity index (χ1v) is 12.8. The van der Waals surface area contributed by atoms with Gasteiger partial charge in [0.1, 0.15) is 36.3 Å². The van der Waals surface area contributed by atoms with E-state index in [1.165, 1.54) is 6.07 Å². The number of rotatable bonds is 9. The Bertz CT molecular complexity index is 1190. The minimum atomic E-state index is -4.51. The van der Waals surface area contributed by atoms with Crippen LogP contribution in [0.5, 0.6) is 11.5 Å². The highest BCUT2D eigenvalue weighted by Crippen LogP contribution is 2.34. The molecule has 2 aromatic rings. The molecule has 0 saturated carbocycles. The standard InChI is InChI=1S/C26H34ClF3N6O3/c1-16(2)19-11-20(23(38)12-22(19)37)25(32)36(24(31)14-39-33-15-26(28,29)30)18-5-4-17(21(27)10-18)13-35-8-6-34(3)7-9-35/h4-5,10-12,16,31-33,37-38H,6-9,13-15H2,1-3H3. The van der Waals surface area contributed by atoms with Crippen molar-refractivity contribution in [2.24, 2.45) is 0 Å². The van der Waals surface area contributed by atoms with Gasteiger partial charge in [-0.25, -0.2) is 0 Å². The Labute approximate surface area is 230 Å². The highest BCUT2D eigenvalue weighted by atomic mass is 35.5. The Morgan fingerprint density at radius 2 is 1.77 bits per heavy atom. The molecule has 1 aliphatic heterocycles. The maximum absolute atomic E-state index is 12.5. The van der Waals surface area contributed by atoms with Crippen LogP contribution in [0.2, 0.25) is 5.02 Å². The van der Waals surface area contributed by atoms with Crippen LogP contribution in [0.25, 0.3) is 0 Å². The lowest BCUT2D eigenvalue weighted by atomic mass is 9.98. The zero-order chi connectivity index (χ0) is 28.9. The molecule has 0 unspecified atom stereocenters. The van der Waals surface area contributed by atoms with Crippen molar-refractivity contribution >= 4 is 29.0 Å². The van der Waals surface area contributed by atoms with Gasteiger partial charge in [-0.3, -0.25) is 25.5 Å². The van der Waals surface area contributed by atoms with Crippen LogP contribution in [0.1, 0.15) is 36.5 Å². The number of hydrogen-bond acceptors (Lipinski definition) is 8. The highest BCUT2D eigenvalue weighted by Gasteiger charge is 2.28. The van der Waals surface area contributed by atoms with E-state index in [1.807, 2.05) is 13.8 Å². The van der Waals surface area contributed by atoms with Crippen molar-refractivity contribution in [3.8, 4) is 11.5 Å². The van der Waals surface area contributed by atoms with E-state index in [9.17, 15) is 23.4 Å². The fourth-order valence-electron chi connectivity index (χ4n) is 4.15. The van der Waals surface area contributed by atoms with Crippen LogP contribution in [0.15, 0.2) is 30.3 Å². The molecule has 39 heavy (non-hydrogen) atoms. The first-order chi connectivity index (χ1) is 18.3. The Morgan fingerprint density at radius 1 is 1.10 bits per heavy atom. The van der Waals surface area contributed by atoms with Crippen LogP contribution >= 0.6 is 11.6 Å². The summed E-state index contributed by atoms with van der Waals surface area (Å²) in [4.78, 5) is 10.5. The van der Waals surface area contributed by atoms with E-state index in [2.05, 4.69) is 16.8 Å². The van der Waals surface area contributed by atoms with E-state index in [0.29, 0.717) is 17.1 Å². The van der Waals surface area contributed by atoms with Gasteiger partial charge in [-0.1, -0.05) is 31.5 Å². The maximum Gasteiger partial charge on any atom is 0.403 e. The molecule has 214 valence electrons. The molecule has 13 heteroatoms. The lowest BCUT2D eigenvalue weighted by molar-refractivity contribution is -0.146. The third-order valence-electron chi connectivity index (χ3n) is 6.38. The fourth-order valence-corrected chi connectivity index (χ4v) is 4.39. The SMILES string of the molecule is CC(C)c1cc(C(=N)N(C(=N)CONCC(F)(F)F)c2ccc(CN3CCN(C)CC3)c(Cl)c2)c(O)cc1O. The number of aromatic hydroxyl groups is 2. The summed E-state index contributed by atoms with van der Waals surface area (Å²) >= 11 is 6.62. The number of amidine groups is 2. The lowest BCUT2D eigenvalue weighted by Gasteiger charge is -2.32. The Hall–Kier alpha value is -2.90. The summed E-state index contributed by atoms with van der Waals surface area (Å²) in [6.07, 6.45) is -4.51. The van der Waals surface area contributed by atoms with Crippen molar-refractivity contribution in [1.82, 2.24) is 15.3 Å². The number of likely N-dealkylation sites (N-methyl/N-ethyl adjacent to an activating group) is 1. The number of benzene rings is 2. The first-order valence-electron chi connectivity index (χ1n) is 12.4. The molecule has 1 saturated heterocycles. The van der Waals surface area contributed by atoms with Gasteiger partial charge in [0.05, 0.1) is 11.3 Å². The van der Waals surface area contributed by atoms with Crippen molar-refractivity contribution in [2.75, 3.05) is 51.3 Å². The minimum Gasteiger partial charge on any atom is -0.508 e. The number of phenols is 2. The topological polar surface area (TPSA) is 119 Å². The number of anilines is 1. The molecule has 0 amide bonds. The van der Waals surface area contributed by atoms with E-state index in [1.54, 1.807) is 23.7 Å². The van der Waals surface area contributed by atoms with Crippen molar-refractivity contribution in [2.45, 2.75) is 32.5 Å². The van der Waals surface area contributed by atoms with Gasteiger partial charge in [-0.2, -0.15) is 18.7 Å². The monoisotopic (exact) mass is 570 g/mol. The summed E-state index contributed by atoms with van der Waals surface area (Å²) in [7, 11) is 2.07. The smallest absolute Gasteiger partial charge is 0.403 e. The second-order valence-corrected chi connectivity index (χ2v) is 10.2. The molecule has 0 spiro atoms. The van der Waals surface area contributed by atoms with Crippen LogP contribution in [0, 0.1) is 10.8 Å². The normalized spacial score (nSPS) is 15.1. The number of alkyl halides is 3. The molecule has 1 heterocycles. The van der Waals surface area contributed by atoms with Crippen LogP contribution in [0.4, 0.5) is 18.9 Å². The molecular formula is C26H34ClF3N6O3. The van der Waals surface area contributed by atoms with Gasteiger partial charge in [0, 0.05) is 43.8 Å². The molecule has 0 aliphatic carbocycles. The number of phenolic OH excluding ortho intramolecular Hbond substituents is 2. The van der Waals surface area contributed by atoms with Crippen molar-refractivity contribution < 1.29 is 28.2 Å². The largest absolute Gasteiger partial charge is 0.508 e. The predicted octanol–water partition coefficient (Wildman–Crippen LogP) is 4.51. The summed E-state index contributed by atoms with van der Waals surface area (Å²) in [6.45, 7) is 5.89. The average molecular weight is 571 g/mol. The molecule has 0 radical (unpaired) electrons. The second kappa shape index (κ2) is 13.0. The minimum absolute atomic E-state index is 0.0159. The fraction of sp³-hybridized carbons (Fsp3) is 0.462. The summed E-state index contributed by atoms with van der Waals surface area (Å²) < 4.78 is 37.5. The summed E-state index contributed by atoms with van der Waals surface area (Å²) in [5.41, 5.74) is 3.40. The quantitative estimate of drug-likeness (QED) is 0.130. The number of hydroxylamine groups is 1. The highest BCUT2D eigenvalue weighted by molar-refractivity contribution is 6.32. The third kappa shape index (κ3) is 8.29. The molecule has 1 aliphatic rings. The molecule has 3 rings (SSSR count). The van der Waals surface area contributed by atoms with E-state index < -0.39 is 25.1 Å². The molecule has 0 bridgehead atoms. The van der Waals surface area contributed by atoms with E-state index in [0.717, 1.165) is 42.7 Å². The third-order valence-corrected chi connectivity index (χ3v) is 6.74. The van der Waals surface area contributed by atoms with Gasteiger partial charge >= 0.3 is 6.18 Å². The van der Waals surface area contributed by atoms with Crippen molar-refractivity contribution in [1.29, 1.82) is 10.8 Å². The molecule has 0 atom stereocenters. The number of nitrogens with one attached hydrogen (secondary N) is 3. The molecular weight excluding hydrogens is 537 g/mol. The zero-order valence-electron chi connectivity index (χ0n) is 22.1. The number of nitrogens with zero attached hydrogens (tertiary/aromatic N) is 3. The van der Waals surface area contributed by atoms with Crippen molar-refractivity contribution in [3.05, 3.63) is 52.0 Å². The summed E-state index contributed by atoms with van der Waals surface area (Å²) in [5, 5.41) is 38.6. The molecule has 9 nitrogen and oxygen atoms in total. The van der Waals surface area contributed by atoms with Crippen LogP contribution in [-0.4, -0.2) is 84.2 Å². The van der Waals surface area contributed by atoms with Gasteiger partial charge in [0.15, 0.2) is 0 Å². The molecule has 1 fully saturated rings. The second-order valence-electron chi connectivity index (χ2n) is 9.79. The number of hydrogen-bond donors (Lipinski definition) is 5. The van der Waals surface area contributed by atoms with E-state index >= 15 is 0 Å². The van der Waals surface area contributed by atoms with Gasteiger partial charge < -0.3 is 15.1 Å². The van der Waals surface area contributed by atoms with E-state index in [-0.39, 0.29) is 34.6 Å². The van der Waals surface area contributed by atoms with Gasteiger partial charge in [-0.15, -0.1) is 0 Å². The number of halogens is 4. The summed E-state index contributed by atoms with van der Waals surface area (Å²) in [6, 6.07) is 7.57. The Morgan fingerprint density at radius 3 is 2.36 bits per heavy atom. The van der Waals surface area contributed by atoms with Gasteiger partial charge in [-0.05, 0) is 42.3 Å². The lowest BCUT2D eigenvalue weighted by Crippen LogP contribution is -2.44. The van der Waals surface area contributed by atoms with Gasteiger partial charge in [0.2, 0.25) is 0 Å². The predicted molar refractivity (Wildman–Crippen MR) is 145 cm³/mol. The molecule has 0 aromatic heterocycles.